The maximum atomic E-state index is 14.1. The van der Waals surface area contributed by atoms with Crippen LogP contribution in [0.5, 0.6) is 0 Å². The molecule has 5 atom stereocenters. The second-order valence-electron chi connectivity index (χ2n) is 12.3. The molecule has 2 amide bonds. The van der Waals surface area contributed by atoms with Crippen LogP contribution in [-0.4, -0.2) is 66.6 Å². The number of allylic oxidation sites excluding steroid dienone is 2. The number of amides is 2. The van der Waals surface area contributed by atoms with E-state index in [1.165, 1.54) is 7.11 Å². The van der Waals surface area contributed by atoms with Gasteiger partial charge in [0.15, 0.2) is 5.78 Å². The lowest BCUT2D eigenvalue weighted by atomic mass is 9.92. The van der Waals surface area contributed by atoms with Crippen molar-refractivity contribution in [3.8, 4) is 0 Å². The van der Waals surface area contributed by atoms with Crippen LogP contribution < -0.4 is 5.32 Å². The summed E-state index contributed by atoms with van der Waals surface area (Å²) >= 11 is 0. The molecular formula is C33H44N2O7. The van der Waals surface area contributed by atoms with Crippen molar-refractivity contribution in [2.24, 2.45) is 11.3 Å². The molecule has 1 saturated heterocycles. The van der Waals surface area contributed by atoms with Crippen LogP contribution in [0.15, 0.2) is 42.5 Å². The van der Waals surface area contributed by atoms with Crippen molar-refractivity contribution >= 4 is 23.8 Å². The van der Waals surface area contributed by atoms with Gasteiger partial charge in [-0.25, -0.2) is 4.79 Å². The van der Waals surface area contributed by atoms with Crippen LogP contribution in [0.2, 0.25) is 0 Å². The van der Waals surface area contributed by atoms with Gasteiger partial charge >= 0.3 is 12.1 Å². The van der Waals surface area contributed by atoms with Crippen LogP contribution in [0.1, 0.15) is 82.6 Å². The molecule has 0 bridgehead atoms. The van der Waals surface area contributed by atoms with Crippen LogP contribution >= 0.6 is 0 Å². The summed E-state index contributed by atoms with van der Waals surface area (Å²) in [6, 6.07) is 8.23. The average molecular weight is 581 g/mol. The first-order valence-corrected chi connectivity index (χ1v) is 15.6. The van der Waals surface area contributed by atoms with E-state index in [-0.39, 0.29) is 48.8 Å². The monoisotopic (exact) mass is 580 g/mol. The highest BCUT2D eigenvalue weighted by atomic mass is 16.6. The quantitative estimate of drug-likeness (QED) is 0.378. The zero-order chi connectivity index (χ0) is 29.5. The Morgan fingerprint density at radius 3 is 2.52 bits per heavy atom. The van der Waals surface area contributed by atoms with Crippen molar-refractivity contribution < 1.29 is 33.4 Å². The molecule has 228 valence electrons. The number of ketones is 1. The van der Waals surface area contributed by atoms with Crippen LogP contribution in [0, 0.1) is 11.3 Å². The second kappa shape index (κ2) is 13.8. The molecule has 1 N–H and O–H groups in total. The van der Waals surface area contributed by atoms with E-state index in [0.29, 0.717) is 25.9 Å². The molecule has 0 aromatic heterocycles. The number of hydrogen-bond donors (Lipinski definition) is 1. The highest BCUT2D eigenvalue weighted by molar-refractivity contribution is 5.96. The topological polar surface area (TPSA) is 111 Å². The fourth-order valence-corrected chi connectivity index (χ4v) is 6.82. The largest absolute Gasteiger partial charge is 0.469 e. The molecule has 2 aliphatic carbocycles. The predicted molar refractivity (Wildman–Crippen MR) is 155 cm³/mol. The number of alkyl carbamates (subject to hydrolysis) is 1. The number of esters is 1. The minimum absolute atomic E-state index is 0.0103. The highest BCUT2D eigenvalue weighted by Crippen LogP contribution is 2.57. The molecule has 0 radical (unpaired) electrons. The standard InChI is InChI=1S/C33H44N2O7/c1-40-31(38)33-19-24(33)14-8-3-2-4-9-17-27(34-32(39)42-25-15-10-11-16-25)30(37)35-21-26(18-28(35)29(36)20-33)41-22-23-12-6-5-7-13-23/h5-8,12-14,24-28H,2-4,9-11,15-22H2,1H3,(H,34,39)/b14-8-/t24-,26-,27+,28+,33-/m1/s1. The number of rotatable bonds is 6. The van der Waals surface area contributed by atoms with E-state index in [9.17, 15) is 19.2 Å². The Morgan fingerprint density at radius 2 is 1.76 bits per heavy atom. The maximum Gasteiger partial charge on any atom is 0.408 e. The van der Waals surface area contributed by atoms with E-state index in [1.54, 1.807) is 4.90 Å². The van der Waals surface area contributed by atoms with Gasteiger partial charge in [-0.15, -0.1) is 0 Å². The van der Waals surface area contributed by atoms with Crippen LogP contribution in [0.25, 0.3) is 0 Å². The molecule has 3 fully saturated rings. The van der Waals surface area contributed by atoms with Gasteiger partial charge in [0.2, 0.25) is 5.91 Å². The van der Waals surface area contributed by atoms with Crippen molar-refractivity contribution in [2.75, 3.05) is 13.7 Å². The first-order chi connectivity index (χ1) is 20.4. The summed E-state index contributed by atoms with van der Waals surface area (Å²) in [5.74, 6) is -0.890. The third kappa shape index (κ3) is 7.22. The Morgan fingerprint density at radius 1 is 1.00 bits per heavy atom. The molecule has 5 rings (SSSR count). The van der Waals surface area contributed by atoms with Crippen LogP contribution in [0.4, 0.5) is 4.79 Å². The third-order valence-electron chi connectivity index (χ3n) is 9.36. The number of ether oxygens (including phenoxy) is 3. The molecule has 1 aromatic carbocycles. The van der Waals surface area contributed by atoms with Crippen molar-refractivity contribution in [1.82, 2.24) is 10.2 Å². The van der Waals surface area contributed by atoms with Crippen molar-refractivity contribution in [2.45, 2.75) is 108 Å². The average Bonchev–Trinajstić information content (AvgIpc) is 3.30. The zero-order valence-electron chi connectivity index (χ0n) is 24.6. The minimum atomic E-state index is -0.886. The van der Waals surface area contributed by atoms with E-state index in [2.05, 4.69) is 17.5 Å². The van der Waals surface area contributed by atoms with E-state index >= 15 is 0 Å². The fraction of sp³-hybridized carbons (Fsp3) is 0.636. The molecule has 2 heterocycles. The molecule has 9 nitrogen and oxygen atoms in total. The lowest BCUT2D eigenvalue weighted by molar-refractivity contribution is -0.150. The molecule has 0 unspecified atom stereocenters. The lowest BCUT2D eigenvalue weighted by Crippen LogP contribution is -2.52. The number of carbonyl (C=O) groups is 4. The predicted octanol–water partition coefficient (Wildman–Crippen LogP) is 4.87. The van der Waals surface area contributed by atoms with Crippen molar-refractivity contribution in [1.29, 1.82) is 0 Å². The highest BCUT2D eigenvalue weighted by Gasteiger charge is 2.61. The SMILES string of the molecule is COC(=O)[C@]12CC(=O)[C@@H]3C[C@@H](OCc4ccccc4)CN3C(=O)[C@@H](NC(=O)OC3CCCC3)CCCCC/C=C\[C@@H]1C2. The molecule has 42 heavy (non-hydrogen) atoms. The summed E-state index contributed by atoms with van der Waals surface area (Å²) < 4.78 is 17.0. The summed E-state index contributed by atoms with van der Waals surface area (Å²) in [6.07, 6.45) is 11.7. The Balaban J connectivity index is 1.36. The van der Waals surface area contributed by atoms with Crippen molar-refractivity contribution in [3.63, 3.8) is 0 Å². The minimum Gasteiger partial charge on any atom is -0.469 e. The zero-order valence-corrected chi connectivity index (χ0v) is 24.6. The summed E-state index contributed by atoms with van der Waals surface area (Å²) in [4.78, 5) is 55.4. The fourth-order valence-electron chi connectivity index (χ4n) is 6.82. The van der Waals surface area contributed by atoms with Gasteiger partial charge in [0, 0.05) is 19.4 Å². The summed E-state index contributed by atoms with van der Waals surface area (Å²) in [7, 11) is 1.36. The van der Waals surface area contributed by atoms with Gasteiger partial charge in [-0.3, -0.25) is 14.4 Å². The number of hydrogen-bond acceptors (Lipinski definition) is 7. The van der Waals surface area contributed by atoms with Gasteiger partial charge in [-0.2, -0.15) is 0 Å². The van der Waals surface area contributed by atoms with Gasteiger partial charge in [0.25, 0.3) is 0 Å². The number of nitrogens with zero attached hydrogens (tertiary/aromatic N) is 1. The summed E-state index contributed by atoms with van der Waals surface area (Å²) in [5, 5.41) is 2.85. The van der Waals surface area contributed by atoms with E-state index < -0.39 is 23.6 Å². The number of Topliss-reactive ketones (excluding diaryl/α,β-unsaturated/α-hetero) is 1. The Bertz CT molecular complexity index is 1150. The van der Waals surface area contributed by atoms with Crippen LogP contribution in [0.3, 0.4) is 0 Å². The van der Waals surface area contributed by atoms with Gasteiger partial charge in [0.05, 0.1) is 31.3 Å². The number of benzene rings is 1. The van der Waals surface area contributed by atoms with E-state index in [0.717, 1.165) is 56.9 Å². The normalized spacial score (nSPS) is 31.3. The van der Waals surface area contributed by atoms with Gasteiger partial charge in [-0.1, -0.05) is 55.3 Å². The lowest BCUT2D eigenvalue weighted by Gasteiger charge is -2.29. The number of methoxy groups -OCH3 is 1. The summed E-state index contributed by atoms with van der Waals surface area (Å²) in [6.45, 7) is 0.606. The Hall–Kier alpha value is -3.20. The molecule has 2 aliphatic heterocycles. The maximum absolute atomic E-state index is 14.1. The van der Waals surface area contributed by atoms with E-state index in [1.807, 2.05) is 30.3 Å². The molecule has 4 aliphatic rings. The Labute approximate surface area is 248 Å². The molecule has 9 heteroatoms. The van der Waals surface area contributed by atoms with Gasteiger partial charge < -0.3 is 24.4 Å². The summed E-state index contributed by atoms with van der Waals surface area (Å²) in [5.41, 5.74) is 0.120. The molecule has 1 aromatic rings. The van der Waals surface area contributed by atoms with Crippen LogP contribution in [-0.2, 0) is 35.2 Å². The number of carbonyl (C=O) groups excluding carboxylic acids is 4. The smallest absolute Gasteiger partial charge is 0.408 e. The number of fused-ring (bicyclic) bond motifs is 2. The van der Waals surface area contributed by atoms with Gasteiger partial charge in [-0.05, 0) is 62.8 Å². The van der Waals surface area contributed by atoms with E-state index in [4.69, 9.17) is 14.2 Å². The first kappa shape index (κ1) is 30.3. The molecular weight excluding hydrogens is 536 g/mol. The second-order valence-corrected chi connectivity index (χ2v) is 12.3. The van der Waals surface area contributed by atoms with Crippen molar-refractivity contribution in [3.05, 3.63) is 48.0 Å². The third-order valence-corrected chi connectivity index (χ3v) is 9.36. The number of nitrogens with one attached hydrogen (secondary N) is 1. The molecule has 0 spiro atoms. The first-order valence-electron chi connectivity index (χ1n) is 15.6. The van der Waals surface area contributed by atoms with Gasteiger partial charge in [0.1, 0.15) is 12.1 Å². The molecule has 2 saturated carbocycles. The Kier molecular flexibility index (Phi) is 9.98.